The van der Waals surface area contributed by atoms with Crippen LogP contribution in [0.1, 0.15) is 46.5 Å². The van der Waals surface area contributed by atoms with Crippen LogP contribution in [0, 0.1) is 11.8 Å². The molecule has 1 rings (SSSR count). The van der Waals surface area contributed by atoms with Crippen molar-refractivity contribution in [3.05, 3.63) is 0 Å². The van der Waals surface area contributed by atoms with Crippen molar-refractivity contribution in [2.24, 2.45) is 17.6 Å². The molecule has 1 saturated heterocycles. The van der Waals surface area contributed by atoms with Crippen LogP contribution in [0.4, 0.5) is 0 Å². The lowest BCUT2D eigenvalue weighted by molar-refractivity contribution is -0.0390. The van der Waals surface area contributed by atoms with Gasteiger partial charge in [0.1, 0.15) is 0 Å². The molecule has 0 aromatic heterocycles. The van der Waals surface area contributed by atoms with E-state index in [4.69, 9.17) is 10.5 Å². The predicted molar refractivity (Wildman–Crippen MR) is 60.2 cm³/mol. The molecule has 1 aliphatic rings. The molecule has 1 heterocycles. The second kappa shape index (κ2) is 5.72. The first-order valence-corrected chi connectivity index (χ1v) is 6.02. The molecule has 0 saturated carbocycles. The Bertz CT molecular complexity index is 158. The molecular weight excluding hydrogens is 174 g/mol. The van der Waals surface area contributed by atoms with E-state index in [1.165, 1.54) is 12.8 Å². The molecule has 0 aromatic carbocycles. The van der Waals surface area contributed by atoms with E-state index in [1.54, 1.807) is 0 Å². The fourth-order valence-corrected chi connectivity index (χ4v) is 2.28. The van der Waals surface area contributed by atoms with E-state index in [2.05, 4.69) is 20.8 Å². The van der Waals surface area contributed by atoms with Gasteiger partial charge in [-0.25, -0.2) is 0 Å². The average Bonchev–Trinajstić information content (AvgIpc) is 2.18. The number of nitrogens with two attached hydrogens (primary N) is 1. The molecule has 2 N–H and O–H groups in total. The first-order chi connectivity index (χ1) is 6.65. The van der Waals surface area contributed by atoms with Gasteiger partial charge in [0.2, 0.25) is 0 Å². The van der Waals surface area contributed by atoms with Gasteiger partial charge in [0, 0.05) is 12.6 Å². The van der Waals surface area contributed by atoms with Crippen LogP contribution in [-0.2, 0) is 4.74 Å². The fourth-order valence-electron chi connectivity index (χ4n) is 2.28. The smallest absolute Gasteiger partial charge is 0.0601 e. The summed E-state index contributed by atoms with van der Waals surface area (Å²) in [7, 11) is 0. The van der Waals surface area contributed by atoms with Crippen LogP contribution in [0.5, 0.6) is 0 Å². The Kier molecular flexibility index (Phi) is 4.90. The Labute approximate surface area is 88.2 Å². The van der Waals surface area contributed by atoms with Gasteiger partial charge in [-0.05, 0) is 31.1 Å². The summed E-state index contributed by atoms with van der Waals surface area (Å²) in [6.45, 7) is 7.58. The average molecular weight is 199 g/mol. The maximum Gasteiger partial charge on any atom is 0.0601 e. The highest BCUT2D eigenvalue weighted by Gasteiger charge is 2.28. The van der Waals surface area contributed by atoms with Crippen molar-refractivity contribution >= 4 is 0 Å². The van der Waals surface area contributed by atoms with Crippen LogP contribution in [0.25, 0.3) is 0 Å². The highest BCUT2D eigenvalue weighted by molar-refractivity contribution is 4.80. The molecule has 1 aliphatic heterocycles. The summed E-state index contributed by atoms with van der Waals surface area (Å²) in [5.41, 5.74) is 6.17. The van der Waals surface area contributed by atoms with Crippen molar-refractivity contribution in [1.29, 1.82) is 0 Å². The Morgan fingerprint density at radius 3 is 2.71 bits per heavy atom. The lowest BCUT2D eigenvalue weighted by Gasteiger charge is -2.34. The minimum Gasteiger partial charge on any atom is -0.378 e. The second-order valence-electron chi connectivity index (χ2n) is 4.89. The van der Waals surface area contributed by atoms with Crippen LogP contribution in [0.15, 0.2) is 0 Å². The van der Waals surface area contributed by atoms with E-state index in [-0.39, 0.29) is 0 Å². The van der Waals surface area contributed by atoms with Gasteiger partial charge in [-0.15, -0.1) is 0 Å². The standard InChI is InChI=1S/C12H25NO/c1-4-5-11(13)10-6-7-14-12(8-10)9(2)3/h9-12H,4-8,13H2,1-3H3. The van der Waals surface area contributed by atoms with E-state index < -0.39 is 0 Å². The van der Waals surface area contributed by atoms with Crippen LogP contribution in [0.2, 0.25) is 0 Å². The van der Waals surface area contributed by atoms with Gasteiger partial charge >= 0.3 is 0 Å². The number of ether oxygens (including phenoxy) is 1. The minimum atomic E-state index is 0.394. The van der Waals surface area contributed by atoms with Gasteiger partial charge in [-0.1, -0.05) is 27.2 Å². The van der Waals surface area contributed by atoms with E-state index in [0.717, 1.165) is 19.4 Å². The third kappa shape index (κ3) is 3.25. The molecule has 0 aromatic rings. The quantitative estimate of drug-likeness (QED) is 0.755. The van der Waals surface area contributed by atoms with Gasteiger partial charge in [-0.2, -0.15) is 0 Å². The molecule has 1 fully saturated rings. The summed E-state index contributed by atoms with van der Waals surface area (Å²) in [6.07, 6.45) is 5.13. The van der Waals surface area contributed by atoms with Crippen molar-refractivity contribution in [2.45, 2.75) is 58.6 Å². The van der Waals surface area contributed by atoms with Gasteiger partial charge in [-0.3, -0.25) is 0 Å². The third-order valence-electron chi connectivity index (χ3n) is 3.33. The summed E-state index contributed by atoms with van der Waals surface area (Å²) in [4.78, 5) is 0. The summed E-state index contributed by atoms with van der Waals surface area (Å²) < 4.78 is 5.74. The van der Waals surface area contributed by atoms with Crippen molar-refractivity contribution < 1.29 is 4.74 Å². The minimum absolute atomic E-state index is 0.394. The topological polar surface area (TPSA) is 35.2 Å². The van der Waals surface area contributed by atoms with Gasteiger partial charge in [0.25, 0.3) is 0 Å². The molecular formula is C12H25NO. The molecule has 3 unspecified atom stereocenters. The van der Waals surface area contributed by atoms with Crippen LogP contribution >= 0.6 is 0 Å². The first kappa shape index (κ1) is 12.0. The zero-order valence-corrected chi connectivity index (χ0v) is 9.83. The van der Waals surface area contributed by atoms with E-state index in [1.807, 2.05) is 0 Å². The molecule has 3 atom stereocenters. The normalized spacial score (nSPS) is 30.6. The van der Waals surface area contributed by atoms with Gasteiger partial charge in [0.15, 0.2) is 0 Å². The van der Waals surface area contributed by atoms with Crippen LogP contribution in [-0.4, -0.2) is 18.8 Å². The fraction of sp³-hybridized carbons (Fsp3) is 1.00. The molecule has 2 nitrogen and oxygen atoms in total. The molecule has 0 radical (unpaired) electrons. The van der Waals surface area contributed by atoms with Crippen molar-refractivity contribution in [3.63, 3.8) is 0 Å². The Hall–Kier alpha value is -0.0800. The van der Waals surface area contributed by atoms with E-state index >= 15 is 0 Å². The zero-order chi connectivity index (χ0) is 10.6. The zero-order valence-electron chi connectivity index (χ0n) is 9.83. The summed E-state index contributed by atoms with van der Waals surface area (Å²) in [5.74, 6) is 1.32. The monoisotopic (exact) mass is 199 g/mol. The van der Waals surface area contributed by atoms with E-state index in [9.17, 15) is 0 Å². The highest BCUT2D eigenvalue weighted by Crippen LogP contribution is 2.27. The summed E-state index contributed by atoms with van der Waals surface area (Å²) >= 11 is 0. The molecule has 0 aliphatic carbocycles. The van der Waals surface area contributed by atoms with E-state index in [0.29, 0.717) is 24.0 Å². The Balaban J connectivity index is 2.39. The molecule has 84 valence electrons. The number of hydrogen-bond acceptors (Lipinski definition) is 2. The van der Waals surface area contributed by atoms with Gasteiger partial charge < -0.3 is 10.5 Å². The maximum absolute atomic E-state index is 6.17. The third-order valence-corrected chi connectivity index (χ3v) is 3.33. The molecule has 0 bridgehead atoms. The Morgan fingerprint density at radius 1 is 1.43 bits per heavy atom. The summed E-state index contributed by atoms with van der Waals surface area (Å²) in [5, 5.41) is 0. The SMILES string of the molecule is CCCC(N)C1CCOC(C(C)C)C1. The lowest BCUT2D eigenvalue weighted by atomic mass is 9.84. The maximum atomic E-state index is 6.17. The molecule has 0 spiro atoms. The number of rotatable bonds is 4. The highest BCUT2D eigenvalue weighted by atomic mass is 16.5. The first-order valence-electron chi connectivity index (χ1n) is 6.02. The van der Waals surface area contributed by atoms with Crippen LogP contribution in [0.3, 0.4) is 0 Å². The molecule has 14 heavy (non-hydrogen) atoms. The van der Waals surface area contributed by atoms with Crippen molar-refractivity contribution in [3.8, 4) is 0 Å². The Morgan fingerprint density at radius 2 is 2.14 bits per heavy atom. The predicted octanol–water partition coefficient (Wildman–Crippen LogP) is 2.57. The summed E-state index contributed by atoms with van der Waals surface area (Å²) in [6, 6.07) is 0.394. The van der Waals surface area contributed by atoms with Gasteiger partial charge in [0.05, 0.1) is 6.10 Å². The molecule has 2 heteroatoms. The second-order valence-corrected chi connectivity index (χ2v) is 4.89. The lowest BCUT2D eigenvalue weighted by Crippen LogP contribution is -2.39. The molecule has 0 amide bonds. The number of hydrogen-bond donors (Lipinski definition) is 1. The van der Waals surface area contributed by atoms with Crippen LogP contribution < -0.4 is 5.73 Å². The van der Waals surface area contributed by atoms with Crippen molar-refractivity contribution in [2.75, 3.05) is 6.61 Å². The van der Waals surface area contributed by atoms with Crippen molar-refractivity contribution in [1.82, 2.24) is 0 Å². The largest absolute Gasteiger partial charge is 0.378 e.